The summed E-state index contributed by atoms with van der Waals surface area (Å²) in [4.78, 5) is 51.0. The van der Waals surface area contributed by atoms with Gasteiger partial charge in [-0.05, 0) is 31.9 Å². The molecule has 0 unspecified atom stereocenters. The Morgan fingerprint density at radius 2 is 1.76 bits per heavy atom. The van der Waals surface area contributed by atoms with Gasteiger partial charge in [-0.25, -0.2) is 4.79 Å². The summed E-state index contributed by atoms with van der Waals surface area (Å²) < 4.78 is 0. The summed E-state index contributed by atoms with van der Waals surface area (Å²) >= 11 is 0. The molecule has 0 bridgehead atoms. The second-order valence-electron chi connectivity index (χ2n) is 6.19. The third kappa shape index (κ3) is 9.22. The minimum Gasteiger partial charge on any atom is -0.480 e. The fourth-order valence-electron chi connectivity index (χ4n) is 2.26. The summed E-state index contributed by atoms with van der Waals surface area (Å²) in [6.45, 7) is 1.28. The van der Waals surface area contributed by atoms with Crippen molar-refractivity contribution in [3.05, 3.63) is 35.9 Å². The largest absolute Gasteiger partial charge is 0.480 e. The summed E-state index contributed by atoms with van der Waals surface area (Å²) in [5.41, 5.74) is 10.8. The van der Waals surface area contributed by atoms with Gasteiger partial charge >= 0.3 is 5.97 Å². The van der Waals surface area contributed by atoms with E-state index >= 15 is 0 Å². The first kappa shape index (κ1) is 23.4. The van der Waals surface area contributed by atoms with E-state index in [1.807, 2.05) is 0 Å². The predicted molar refractivity (Wildman–Crippen MR) is 106 cm³/mol. The normalized spacial score (nSPS) is 12.2. The van der Waals surface area contributed by atoms with Crippen LogP contribution in [-0.4, -0.2) is 59.9 Å². The Labute approximate surface area is 167 Å². The molecule has 0 aliphatic carbocycles. The Balaban J connectivity index is 2.42. The Morgan fingerprint density at radius 1 is 1.10 bits per heavy atom. The number of nitrogens with one attached hydrogen (secondary N) is 3. The number of carbonyl (C=O) groups excluding carboxylic acids is 3. The second kappa shape index (κ2) is 12.0. The van der Waals surface area contributed by atoms with Crippen molar-refractivity contribution in [2.24, 2.45) is 16.5 Å². The van der Waals surface area contributed by atoms with Crippen molar-refractivity contribution in [3.8, 4) is 0 Å². The van der Waals surface area contributed by atoms with Crippen molar-refractivity contribution in [2.45, 2.75) is 31.8 Å². The Morgan fingerprint density at radius 3 is 2.34 bits per heavy atom. The number of guanidine groups is 1. The molecule has 8 N–H and O–H groups in total. The van der Waals surface area contributed by atoms with Crippen LogP contribution in [0.5, 0.6) is 0 Å². The van der Waals surface area contributed by atoms with E-state index in [0.29, 0.717) is 12.0 Å². The first-order valence-corrected chi connectivity index (χ1v) is 8.92. The Hall–Kier alpha value is -3.63. The zero-order valence-corrected chi connectivity index (χ0v) is 16.1. The predicted octanol–water partition coefficient (Wildman–Crippen LogP) is -1.46. The molecule has 0 aromatic heterocycles. The van der Waals surface area contributed by atoms with Crippen molar-refractivity contribution in [1.29, 1.82) is 0 Å². The lowest BCUT2D eigenvalue weighted by atomic mass is 10.1. The van der Waals surface area contributed by atoms with Crippen LogP contribution in [0.25, 0.3) is 0 Å². The van der Waals surface area contributed by atoms with Crippen LogP contribution in [0.15, 0.2) is 35.3 Å². The summed E-state index contributed by atoms with van der Waals surface area (Å²) in [5, 5.41) is 16.3. The van der Waals surface area contributed by atoms with Crippen molar-refractivity contribution in [1.82, 2.24) is 16.0 Å². The molecule has 1 aromatic rings. The van der Waals surface area contributed by atoms with E-state index in [0.717, 1.165) is 0 Å². The average Bonchev–Trinajstić information content (AvgIpc) is 2.68. The SMILES string of the molecule is C[C@H](NC(=O)c1ccccc1)C(=O)NCC(=O)N[C@@H](CCCN=C(N)N)C(=O)O. The van der Waals surface area contributed by atoms with Crippen LogP contribution in [0.1, 0.15) is 30.1 Å². The molecule has 3 amide bonds. The molecule has 2 atom stereocenters. The number of rotatable bonds is 11. The molecule has 0 aliphatic heterocycles. The molecule has 0 spiro atoms. The maximum absolute atomic E-state index is 12.0. The number of carboxylic acid groups (broad SMARTS) is 1. The average molecular weight is 406 g/mol. The van der Waals surface area contributed by atoms with E-state index in [4.69, 9.17) is 16.6 Å². The number of nitrogens with zero attached hydrogens (tertiary/aromatic N) is 1. The van der Waals surface area contributed by atoms with E-state index in [1.54, 1.807) is 30.3 Å². The molecule has 1 rings (SSSR count). The lowest BCUT2D eigenvalue weighted by molar-refractivity contribution is -0.141. The monoisotopic (exact) mass is 406 g/mol. The van der Waals surface area contributed by atoms with Gasteiger partial charge in [0.1, 0.15) is 12.1 Å². The molecule has 11 heteroatoms. The molecule has 0 radical (unpaired) electrons. The molecular formula is C18H26N6O5. The molecule has 0 aliphatic rings. The van der Waals surface area contributed by atoms with Crippen LogP contribution in [0, 0.1) is 0 Å². The number of carboxylic acids is 1. The molecule has 0 fully saturated rings. The van der Waals surface area contributed by atoms with Gasteiger partial charge in [0.2, 0.25) is 11.8 Å². The van der Waals surface area contributed by atoms with E-state index < -0.39 is 42.3 Å². The summed E-state index contributed by atoms with van der Waals surface area (Å²) in [6.07, 6.45) is 0.472. The molecule has 1 aromatic carbocycles. The number of nitrogens with two attached hydrogens (primary N) is 2. The van der Waals surface area contributed by atoms with Gasteiger partial charge in [0.05, 0.1) is 6.54 Å². The number of amides is 3. The Kier molecular flexibility index (Phi) is 9.65. The van der Waals surface area contributed by atoms with E-state index in [-0.39, 0.29) is 18.9 Å². The zero-order chi connectivity index (χ0) is 21.8. The summed E-state index contributed by atoms with van der Waals surface area (Å²) in [5.74, 6) is -2.99. The molecule has 158 valence electrons. The lowest BCUT2D eigenvalue weighted by Crippen LogP contribution is -2.49. The molecule has 29 heavy (non-hydrogen) atoms. The van der Waals surface area contributed by atoms with Gasteiger partial charge in [0.15, 0.2) is 5.96 Å². The maximum atomic E-state index is 12.0. The number of hydrogen-bond acceptors (Lipinski definition) is 5. The van der Waals surface area contributed by atoms with Gasteiger partial charge in [-0.2, -0.15) is 0 Å². The van der Waals surface area contributed by atoms with Crippen molar-refractivity contribution < 1.29 is 24.3 Å². The number of benzene rings is 1. The highest BCUT2D eigenvalue weighted by molar-refractivity contribution is 5.98. The molecule has 0 saturated carbocycles. The number of aliphatic carboxylic acids is 1. The van der Waals surface area contributed by atoms with E-state index in [1.165, 1.54) is 6.92 Å². The van der Waals surface area contributed by atoms with E-state index in [2.05, 4.69) is 20.9 Å². The van der Waals surface area contributed by atoms with Gasteiger partial charge in [-0.15, -0.1) is 0 Å². The fraction of sp³-hybridized carbons (Fsp3) is 0.389. The highest BCUT2D eigenvalue weighted by Gasteiger charge is 2.21. The van der Waals surface area contributed by atoms with Crippen LogP contribution < -0.4 is 27.4 Å². The summed E-state index contributed by atoms with van der Waals surface area (Å²) in [6, 6.07) is 6.34. The van der Waals surface area contributed by atoms with Gasteiger partial charge in [0.25, 0.3) is 5.91 Å². The Bertz CT molecular complexity index is 748. The summed E-state index contributed by atoms with van der Waals surface area (Å²) in [7, 11) is 0. The maximum Gasteiger partial charge on any atom is 0.326 e. The third-order valence-corrected chi connectivity index (χ3v) is 3.78. The quantitative estimate of drug-likeness (QED) is 0.147. The topological polar surface area (TPSA) is 189 Å². The van der Waals surface area contributed by atoms with Crippen molar-refractivity contribution in [2.75, 3.05) is 13.1 Å². The molecular weight excluding hydrogens is 380 g/mol. The first-order valence-electron chi connectivity index (χ1n) is 8.92. The van der Waals surface area contributed by atoms with Gasteiger partial charge in [0, 0.05) is 12.1 Å². The van der Waals surface area contributed by atoms with Crippen molar-refractivity contribution >= 4 is 29.7 Å². The highest BCUT2D eigenvalue weighted by Crippen LogP contribution is 2.00. The second-order valence-corrected chi connectivity index (χ2v) is 6.19. The first-order chi connectivity index (χ1) is 13.7. The van der Waals surface area contributed by atoms with Crippen molar-refractivity contribution in [3.63, 3.8) is 0 Å². The lowest BCUT2D eigenvalue weighted by Gasteiger charge is -2.16. The van der Waals surface area contributed by atoms with Crippen LogP contribution in [0.3, 0.4) is 0 Å². The minimum absolute atomic E-state index is 0.0999. The minimum atomic E-state index is -1.21. The van der Waals surface area contributed by atoms with Crippen LogP contribution in [-0.2, 0) is 14.4 Å². The number of carbonyl (C=O) groups is 4. The molecule has 0 saturated heterocycles. The van der Waals surface area contributed by atoms with Crippen LogP contribution >= 0.6 is 0 Å². The van der Waals surface area contributed by atoms with E-state index in [9.17, 15) is 19.2 Å². The molecule has 11 nitrogen and oxygen atoms in total. The van der Waals surface area contributed by atoms with Crippen LogP contribution in [0.2, 0.25) is 0 Å². The van der Waals surface area contributed by atoms with Gasteiger partial charge < -0.3 is 32.5 Å². The zero-order valence-electron chi connectivity index (χ0n) is 16.1. The van der Waals surface area contributed by atoms with Crippen LogP contribution in [0.4, 0.5) is 0 Å². The smallest absolute Gasteiger partial charge is 0.326 e. The fourth-order valence-corrected chi connectivity index (χ4v) is 2.26. The highest BCUT2D eigenvalue weighted by atomic mass is 16.4. The number of aliphatic imine (C=N–C) groups is 1. The third-order valence-electron chi connectivity index (χ3n) is 3.78. The number of hydrogen-bond donors (Lipinski definition) is 6. The van der Waals surface area contributed by atoms with Gasteiger partial charge in [-0.1, -0.05) is 18.2 Å². The molecule has 0 heterocycles. The standard InChI is InChI=1S/C18H26N6O5/c1-11(23-16(27)12-6-3-2-4-7-12)15(26)22-10-14(25)24-13(17(28)29)8-5-9-21-18(19)20/h2-4,6-7,11,13H,5,8-10H2,1H3,(H,22,26)(H,23,27)(H,24,25)(H,28,29)(H4,19,20,21)/t11-,13-/m0/s1. The van der Waals surface area contributed by atoms with Gasteiger partial charge in [-0.3, -0.25) is 19.4 Å².